The average molecular weight is 278 g/mol. The van der Waals surface area contributed by atoms with Gasteiger partial charge in [0, 0.05) is 6.54 Å². The van der Waals surface area contributed by atoms with Crippen LogP contribution in [0.4, 0.5) is 0 Å². The van der Waals surface area contributed by atoms with Crippen molar-refractivity contribution in [2.24, 2.45) is 5.73 Å². The third kappa shape index (κ3) is 6.57. The molecule has 4 nitrogen and oxygen atoms in total. The van der Waals surface area contributed by atoms with E-state index in [1.54, 1.807) is 6.92 Å². The number of amides is 1. The van der Waals surface area contributed by atoms with Gasteiger partial charge in [0.25, 0.3) is 0 Å². The Hall–Kier alpha value is -1.55. The fourth-order valence-corrected chi connectivity index (χ4v) is 1.79. The lowest BCUT2D eigenvalue weighted by Crippen LogP contribution is -2.38. The molecule has 0 saturated heterocycles. The molecule has 0 bridgehead atoms. The molecular weight excluding hydrogens is 252 g/mol. The largest absolute Gasteiger partial charge is 0.494 e. The highest BCUT2D eigenvalue weighted by molar-refractivity contribution is 5.79. The molecule has 0 aliphatic carbocycles. The number of ether oxygens (including phenoxy) is 1. The van der Waals surface area contributed by atoms with Crippen molar-refractivity contribution in [3.63, 3.8) is 0 Å². The fraction of sp³-hybridized carbons (Fsp3) is 0.562. The van der Waals surface area contributed by atoms with E-state index < -0.39 is 0 Å². The standard InChI is InChI=1S/C16H26N2O2/c1-3-4-5-6-11-20-15-9-7-14(8-10-15)12-18-13(2)16(17)19/h7-10,13,18H,3-6,11-12H2,1-2H3,(H2,17,19). The first kappa shape index (κ1) is 16.5. The number of benzene rings is 1. The maximum Gasteiger partial charge on any atom is 0.234 e. The lowest BCUT2D eigenvalue weighted by Gasteiger charge is -2.11. The van der Waals surface area contributed by atoms with Gasteiger partial charge in [-0.25, -0.2) is 0 Å². The first-order valence-corrected chi connectivity index (χ1v) is 7.38. The number of hydrogen-bond donors (Lipinski definition) is 2. The molecule has 0 fully saturated rings. The maximum atomic E-state index is 10.9. The zero-order valence-electron chi connectivity index (χ0n) is 12.5. The Labute approximate surface area is 121 Å². The van der Waals surface area contributed by atoms with Crippen LogP contribution in [0.5, 0.6) is 5.75 Å². The summed E-state index contributed by atoms with van der Waals surface area (Å²) in [5.74, 6) is 0.560. The summed E-state index contributed by atoms with van der Waals surface area (Å²) in [5, 5.41) is 3.07. The normalized spacial score (nSPS) is 12.1. The Morgan fingerprint density at radius 1 is 1.25 bits per heavy atom. The third-order valence-electron chi connectivity index (χ3n) is 3.23. The quantitative estimate of drug-likeness (QED) is 0.647. The highest BCUT2D eigenvalue weighted by Crippen LogP contribution is 2.13. The molecular formula is C16H26N2O2. The predicted octanol–water partition coefficient (Wildman–Crippen LogP) is 2.61. The Bertz CT molecular complexity index is 390. The molecule has 1 aromatic rings. The van der Waals surface area contributed by atoms with Crippen LogP contribution in [0.25, 0.3) is 0 Å². The molecule has 0 aromatic heterocycles. The van der Waals surface area contributed by atoms with Crippen LogP contribution in [0.3, 0.4) is 0 Å². The van der Waals surface area contributed by atoms with Gasteiger partial charge in [0.15, 0.2) is 0 Å². The molecule has 0 aliphatic heterocycles. The van der Waals surface area contributed by atoms with Crippen molar-refractivity contribution in [3.8, 4) is 5.75 Å². The van der Waals surface area contributed by atoms with E-state index in [1.807, 2.05) is 24.3 Å². The average Bonchev–Trinajstić information content (AvgIpc) is 2.45. The Kier molecular flexibility index (Phi) is 7.73. The summed E-state index contributed by atoms with van der Waals surface area (Å²) in [5.41, 5.74) is 6.30. The molecule has 1 aromatic carbocycles. The molecule has 0 radical (unpaired) electrons. The van der Waals surface area contributed by atoms with Crippen LogP contribution >= 0.6 is 0 Å². The van der Waals surface area contributed by atoms with Gasteiger partial charge in [-0.05, 0) is 31.0 Å². The highest BCUT2D eigenvalue weighted by atomic mass is 16.5. The van der Waals surface area contributed by atoms with Crippen molar-refractivity contribution < 1.29 is 9.53 Å². The summed E-state index contributed by atoms with van der Waals surface area (Å²) in [7, 11) is 0. The van der Waals surface area contributed by atoms with E-state index in [2.05, 4.69) is 12.2 Å². The summed E-state index contributed by atoms with van der Waals surface area (Å²) in [4.78, 5) is 10.9. The van der Waals surface area contributed by atoms with Gasteiger partial charge in [-0.2, -0.15) is 0 Å². The van der Waals surface area contributed by atoms with Crippen LogP contribution in [0.2, 0.25) is 0 Å². The van der Waals surface area contributed by atoms with Gasteiger partial charge in [0.2, 0.25) is 5.91 Å². The molecule has 0 heterocycles. The monoisotopic (exact) mass is 278 g/mol. The van der Waals surface area contributed by atoms with Crippen LogP contribution < -0.4 is 15.8 Å². The molecule has 0 aliphatic rings. The minimum atomic E-state index is -0.336. The van der Waals surface area contributed by atoms with Gasteiger partial charge in [-0.15, -0.1) is 0 Å². The van der Waals surface area contributed by atoms with Gasteiger partial charge in [-0.3, -0.25) is 4.79 Å². The summed E-state index contributed by atoms with van der Waals surface area (Å²) in [6, 6.07) is 7.62. The van der Waals surface area contributed by atoms with Crippen molar-refractivity contribution in [3.05, 3.63) is 29.8 Å². The summed E-state index contributed by atoms with van der Waals surface area (Å²) < 4.78 is 5.68. The van der Waals surface area contributed by atoms with Crippen molar-refractivity contribution in [2.45, 2.75) is 52.1 Å². The number of unbranched alkanes of at least 4 members (excludes halogenated alkanes) is 3. The number of nitrogens with one attached hydrogen (secondary N) is 1. The smallest absolute Gasteiger partial charge is 0.234 e. The molecule has 1 amide bonds. The van der Waals surface area contributed by atoms with Gasteiger partial charge in [0.1, 0.15) is 5.75 Å². The van der Waals surface area contributed by atoms with E-state index in [0.29, 0.717) is 6.54 Å². The maximum absolute atomic E-state index is 10.9. The van der Waals surface area contributed by atoms with Crippen LogP contribution in [0.15, 0.2) is 24.3 Å². The van der Waals surface area contributed by atoms with E-state index >= 15 is 0 Å². The van der Waals surface area contributed by atoms with Crippen molar-refractivity contribution in [2.75, 3.05) is 6.61 Å². The number of rotatable bonds is 10. The molecule has 0 spiro atoms. The number of hydrogen-bond acceptors (Lipinski definition) is 3. The van der Waals surface area contributed by atoms with Crippen LogP contribution in [0.1, 0.15) is 45.1 Å². The second-order valence-electron chi connectivity index (χ2n) is 5.06. The van der Waals surface area contributed by atoms with Crippen molar-refractivity contribution >= 4 is 5.91 Å². The zero-order chi connectivity index (χ0) is 14.8. The Balaban J connectivity index is 2.27. The first-order chi connectivity index (χ1) is 9.63. The summed E-state index contributed by atoms with van der Waals surface area (Å²) in [6.07, 6.45) is 4.84. The second kappa shape index (κ2) is 9.37. The lowest BCUT2D eigenvalue weighted by molar-refractivity contribution is -0.119. The minimum Gasteiger partial charge on any atom is -0.494 e. The van der Waals surface area contributed by atoms with Gasteiger partial charge >= 0.3 is 0 Å². The Morgan fingerprint density at radius 3 is 2.55 bits per heavy atom. The second-order valence-corrected chi connectivity index (χ2v) is 5.06. The summed E-state index contributed by atoms with van der Waals surface area (Å²) in [6.45, 7) is 5.36. The number of carbonyl (C=O) groups excluding carboxylic acids is 1. The molecule has 1 rings (SSSR count). The van der Waals surface area contributed by atoms with E-state index in [9.17, 15) is 4.79 Å². The number of carbonyl (C=O) groups is 1. The molecule has 20 heavy (non-hydrogen) atoms. The van der Waals surface area contributed by atoms with E-state index in [1.165, 1.54) is 19.3 Å². The van der Waals surface area contributed by atoms with E-state index in [-0.39, 0.29) is 11.9 Å². The topological polar surface area (TPSA) is 64.3 Å². The SMILES string of the molecule is CCCCCCOc1ccc(CNC(C)C(N)=O)cc1. The molecule has 1 atom stereocenters. The predicted molar refractivity (Wildman–Crippen MR) is 81.6 cm³/mol. The molecule has 0 saturated carbocycles. The molecule has 3 N–H and O–H groups in total. The zero-order valence-corrected chi connectivity index (χ0v) is 12.5. The molecule has 4 heteroatoms. The van der Waals surface area contributed by atoms with Gasteiger partial charge < -0.3 is 15.8 Å². The molecule has 112 valence electrons. The van der Waals surface area contributed by atoms with Gasteiger partial charge in [0.05, 0.1) is 12.6 Å². The van der Waals surface area contributed by atoms with Crippen LogP contribution in [-0.2, 0) is 11.3 Å². The minimum absolute atomic E-state index is 0.315. The first-order valence-electron chi connectivity index (χ1n) is 7.38. The highest BCUT2D eigenvalue weighted by Gasteiger charge is 2.06. The van der Waals surface area contributed by atoms with Crippen molar-refractivity contribution in [1.29, 1.82) is 0 Å². The van der Waals surface area contributed by atoms with Crippen molar-refractivity contribution in [1.82, 2.24) is 5.32 Å². The Morgan fingerprint density at radius 2 is 1.95 bits per heavy atom. The number of primary amides is 1. The van der Waals surface area contributed by atoms with Gasteiger partial charge in [-0.1, -0.05) is 38.3 Å². The fourth-order valence-electron chi connectivity index (χ4n) is 1.79. The lowest BCUT2D eigenvalue weighted by atomic mass is 10.2. The third-order valence-corrected chi connectivity index (χ3v) is 3.23. The van der Waals surface area contributed by atoms with E-state index in [4.69, 9.17) is 10.5 Å². The van der Waals surface area contributed by atoms with Crippen LogP contribution in [0, 0.1) is 0 Å². The molecule has 1 unspecified atom stereocenters. The van der Waals surface area contributed by atoms with Crippen LogP contribution in [-0.4, -0.2) is 18.6 Å². The summed E-state index contributed by atoms with van der Waals surface area (Å²) >= 11 is 0. The number of nitrogens with two attached hydrogens (primary N) is 1. The van der Waals surface area contributed by atoms with E-state index in [0.717, 1.165) is 24.3 Å².